The Kier molecular flexibility index (Phi) is 3.63. The van der Waals surface area contributed by atoms with Gasteiger partial charge in [0.1, 0.15) is 5.75 Å². The molecule has 1 N–H and O–H groups in total. The molecule has 1 fully saturated rings. The zero-order valence-corrected chi connectivity index (χ0v) is 13.2. The average Bonchev–Trinajstić information content (AvgIpc) is 3.30. The number of benzene rings is 1. The Balaban J connectivity index is 1.73. The van der Waals surface area contributed by atoms with Gasteiger partial charge in [0.05, 0.1) is 23.1 Å². The first-order valence-corrected chi connectivity index (χ1v) is 7.78. The molecule has 0 saturated heterocycles. The van der Waals surface area contributed by atoms with Crippen LogP contribution in [0.2, 0.25) is 0 Å². The highest BCUT2D eigenvalue weighted by atomic mass is 19.4. The van der Waals surface area contributed by atoms with Crippen LogP contribution in [-0.4, -0.2) is 21.1 Å². The molecule has 2 aromatic heterocycles. The maximum atomic E-state index is 12.6. The van der Waals surface area contributed by atoms with Crippen LogP contribution in [0.4, 0.5) is 13.2 Å². The Hall–Kier alpha value is -3.04. The molecule has 1 saturated carbocycles. The fourth-order valence-corrected chi connectivity index (χ4v) is 2.70. The van der Waals surface area contributed by atoms with Gasteiger partial charge in [0.25, 0.3) is 5.56 Å². The molecular weight excluding hydrogens is 355 g/mol. The third-order valence-corrected chi connectivity index (χ3v) is 4.07. The molecule has 0 spiro atoms. The van der Waals surface area contributed by atoms with Crippen LogP contribution in [0, 0.1) is 0 Å². The predicted octanol–water partition coefficient (Wildman–Crippen LogP) is 2.50. The first-order valence-electron chi connectivity index (χ1n) is 7.78. The van der Waals surface area contributed by atoms with E-state index in [1.807, 2.05) is 0 Å². The molecule has 0 radical (unpaired) electrons. The average molecular weight is 367 g/mol. The Morgan fingerprint density at radius 3 is 2.73 bits per heavy atom. The van der Waals surface area contributed by atoms with Crippen molar-refractivity contribution < 1.29 is 22.4 Å². The van der Waals surface area contributed by atoms with E-state index in [0.29, 0.717) is 11.7 Å². The smallest absolute Gasteiger partial charge is 0.406 e. The second-order valence-corrected chi connectivity index (χ2v) is 6.07. The van der Waals surface area contributed by atoms with Crippen molar-refractivity contribution in [3.05, 3.63) is 56.6 Å². The van der Waals surface area contributed by atoms with Crippen LogP contribution < -0.4 is 16.0 Å². The van der Waals surface area contributed by atoms with E-state index in [2.05, 4.69) is 14.9 Å². The normalized spacial score (nSPS) is 14.7. The lowest BCUT2D eigenvalue weighted by molar-refractivity contribution is -0.274. The predicted molar refractivity (Wildman–Crippen MR) is 83.1 cm³/mol. The maximum absolute atomic E-state index is 12.6. The van der Waals surface area contributed by atoms with Gasteiger partial charge in [0.15, 0.2) is 5.76 Å². The Morgan fingerprint density at radius 1 is 1.27 bits per heavy atom. The molecule has 1 aliphatic rings. The third-order valence-electron chi connectivity index (χ3n) is 4.07. The number of alkyl halides is 3. The van der Waals surface area contributed by atoms with Crippen molar-refractivity contribution in [3.8, 4) is 5.75 Å². The molecule has 0 atom stereocenters. The first-order chi connectivity index (χ1) is 12.3. The van der Waals surface area contributed by atoms with Crippen LogP contribution in [0.3, 0.4) is 0 Å². The summed E-state index contributed by atoms with van der Waals surface area (Å²) in [5.74, 6) is 0.124. The minimum atomic E-state index is -4.88. The number of hydrogen-bond donors (Lipinski definition) is 1. The number of halogens is 3. The van der Waals surface area contributed by atoms with E-state index in [-0.39, 0.29) is 17.4 Å². The van der Waals surface area contributed by atoms with Crippen molar-refractivity contribution in [1.82, 2.24) is 14.7 Å². The van der Waals surface area contributed by atoms with E-state index in [9.17, 15) is 22.8 Å². The Labute approximate surface area is 143 Å². The quantitative estimate of drug-likeness (QED) is 0.765. The molecule has 26 heavy (non-hydrogen) atoms. The number of rotatable bonds is 4. The van der Waals surface area contributed by atoms with E-state index >= 15 is 0 Å². The van der Waals surface area contributed by atoms with E-state index in [4.69, 9.17) is 4.52 Å². The zero-order chi connectivity index (χ0) is 18.5. The van der Waals surface area contributed by atoms with Crippen molar-refractivity contribution in [1.29, 1.82) is 0 Å². The van der Waals surface area contributed by atoms with Gasteiger partial charge in [-0.05, 0) is 31.0 Å². The molecule has 0 unspecified atom stereocenters. The minimum absolute atomic E-state index is 0.103. The summed E-state index contributed by atoms with van der Waals surface area (Å²) in [6.07, 6.45) is -2.84. The molecule has 136 valence electrons. The van der Waals surface area contributed by atoms with Gasteiger partial charge in [-0.15, -0.1) is 13.2 Å². The monoisotopic (exact) mass is 367 g/mol. The van der Waals surface area contributed by atoms with Crippen LogP contribution >= 0.6 is 0 Å². The number of nitrogens with one attached hydrogen (secondary N) is 1. The number of hydrogen-bond acceptors (Lipinski definition) is 5. The van der Waals surface area contributed by atoms with Gasteiger partial charge in [-0.25, -0.2) is 4.79 Å². The van der Waals surface area contributed by atoms with E-state index < -0.39 is 23.4 Å². The van der Waals surface area contributed by atoms with Gasteiger partial charge >= 0.3 is 12.1 Å². The summed E-state index contributed by atoms with van der Waals surface area (Å²) in [6.45, 7) is -0.172. The molecule has 1 aromatic carbocycles. The van der Waals surface area contributed by atoms with E-state index in [0.717, 1.165) is 35.2 Å². The number of H-pyrrole nitrogens is 1. The van der Waals surface area contributed by atoms with Crippen LogP contribution in [0.5, 0.6) is 5.75 Å². The molecule has 0 amide bonds. The van der Waals surface area contributed by atoms with Gasteiger partial charge in [-0.2, -0.15) is 0 Å². The van der Waals surface area contributed by atoms with Crippen molar-refractivity contribution in [3.63, 3.8) is 0 Å². The SMILES string of the molecule is O=c1[nH]c2ccc(OC(F)(F)F)cc2c(=O)n1Cc1cc(C2CC2)no1. The third kappa shape index (κ3) is 3.22. The molecule has 7 nitrogen and oxygen atoms in total. The summed E-state index contributed by atoms with van der Waals surface area (Å²) in [6, 6.07) is 4.82. The highest BCUT2D eigenvalue weighted by molar-refractivity contribution is 5.78. The fraction of sp³-hybridized carbons (Fsp3) is 0.312. The second-order valence-electron chi connectivity index (χ2n) is 6.07. The summed E-state index contributed by atoms with van der Waals surface area (Å²) in [4.78, 5) is 27.2. The van der Waals surface area contributed by atoms with E-state index in [1.165, 1.54) is 6.07 Å². The minimum Gasteiger partial charge on any atom is -0.406 e. The molecule has 0 aliphatic heterocycles. The van der Waals surface area contributed by atoms with Crippen LogP contribution in [0.1, 0.15) is 30.2 Å². The van der Waals surface area contributed by atoms with Gasteiger partial charge in [-0.3, -0.25) is 9.36 Å². The second kappa shape index (κ2) is 5.75. The number of fused-ring (bicyclic) bond motifs is 1. The molecule has 4 rings (SSSR count). The molecule has 0 bridgehead atoms. The fourth-order valence-electron chi connectivity index (χ4n) is 2.70. The first kappa shape index (κ1) is 16.4. The largest absolute Gasteiger partial charge is 0.573 e. The van der Waals surface area contributed by atoms with Gasteiger partial charge < -0.3 is 14.2 Å². The van der Waals surface area contributed by atoms with Crippen molar-refractivity contribution in [2.24, 2.45) is 0 Å². The van der Waals surface area contributed by atoms with Crippen LogP contribution in [0.15, 0.2) is 38.4 Å². The topological polar surface area (TPSA) is 90.1 Å². The zero-order valence-electron chi connectivity index (χ0n) is 13.2. The Bertz CT molecular complexity index is 1090. The van der Waals surface area contributed by atoms with Crippen LogP contribution in [0.25, 0.3) is 10.9 Å². The highest BCUT2D eigenvalue weighted by Crippen LogP contribution is 2.39. The standard InChI is InChI=1S/C16H12F3N3O4/c17-16(18,19)25-9-3-4-12-11(5-9)14(23)22(15(24)20-12)7-10-6-13(21-26-10)8-1-2-8/h3-6,8H,1-2,7H2,(H,20,24). The molecule has 1 aliphatic carbocycles. The maximum Gasteiger partial charge on any atom is 0.573 e. The molecular formula is C16H12F3N3O4. The number of aromatic amines is 1. The van der Waals surface area contributed by atoms with Gasteiger partial charge in [-0.1, -0.05) is 5.16 Å². The van der Waals surface area contributed by atoms with Gasteiger partial charge in [0.2, 0.25) is 0 Å². The summed E-state index contributed by atoms with van der Waals surface area (Å²) >= 11 is 0. The lowest BCUT2D eigenvalue weighted by Gasteiger charge is -2.10. The number of ether oxygens (including phenoxy) is 1. The lowest BCUT2D eigenvalue weighted by Crippen LogP contribution is -2.35. The highest BCUT2D eigenvalue weighted by Gasteiger charge is 2.31. The summed E-state index contributed by atoms with van der Waals surface area (Å²) in [5.41, 5.74) is -0.565. The lowest BCUT2D eigenvalue weighted by atomic mass is 10.2. The molecule has 2 heterocycles. The summed E-state index contributed by atoms with van der Waals surface area (Å²) in [7, 11) is 0. The van der Waals surface area contributed by atoms with Crippen molar-refractivity contribution >= 4 is 10.9 Å². The summed E-state index contributed by atoms with van der Waals surface area (Å²) in [5, 5.41) is 3.80. The summed E-state index contributed by atoms with van der Waals surface area (Å²) < 4.78 is 46.9. The van der Waals surface area contributed by atoms with Crippen molar-refractivity contribution in [2.75, 3.05) is 0 Å². The van der Waals surface area contributed by atoms with Crippen molar-refractivity contribution in [2.45, 2.75) is 31.7 Å². The van der Waals surface area contributed by atoms with E-state index in [1.54, 1.807) is 6.07 Å². The number of aromatic nitrogens is 3. The van der Waals surface area contributed by atoms with Crippen LogP contribution in [-0.2, 0) is 6.54 Å². The molecule has 3 aromatic rings. The van der Waals surface area contributed by atoms with Gasteiger partial charge in [0, 0.05) is 12.0 Å². The Morgan fingerprint density at radius 2 is 2.04 bits per heavy atom. The molecule has 10 heteroatoms. The number of nitrogens with zero attached hydrogens (tertiary/aromatic N) is 2.